The monoisotopic (exact) mass is 200 g/mol. The van der Waals surface area contributed by atoms with Crippen LogP contribution in [0.4, 0.5) is 0 Å². The van der Waals surface area contributed by atoms with E-state index in [-0.39, 0.29) is 5.78 Å². The third-order valence-corrected chi connectivity index (χ3v) is 2.25. The first-order valence-corrected chi connectivity index (χ1v) is 4.84. The Morgan fingerprint density at radius 2 is 2.00 bits per heavy atom. The fraction of sp³-hybridized carbons (Fsp3) is 0.167. The molecule has 0 aliphatic rings. The second kappa shape index (κ2) is 4.09. The Bertz CT molecular complexity index is 459. The summed E-state index contributed by atoms with van der Waals surface area (Å²) in [6.07, 6.45) is 1.65. The highest BCUT2D eigenvalue weighted by molar-refractivity contribution is 5.92. The molecule has 0 N–H and O–H groups in total. The summed E-state index contributed by atoms with van der Waals surface area (Å²) in [5, 5.41) is 4.13. The van der Waals surface area contributed by atoms with Crippen LogP contribution in [0.3, 0.4) is 0 Å². The normalized spacial score (nSPS) is 10.2. The molecule has 0 atom stereocenters. The van der Waals surface area contributed by atoms with Crippen molar-refractivity contribution in [1.29, 1.82) is 0 Å². The number of hydrogen-bond donors (Lipinski definition) is 0. The number of ketones is 1. The first-order valence-electron chi connectivity index (χ1n) is 4.84. The number of carbonyl (C=O) groups excluding carboxylic acids is 1. The van der Waals surface area contributed by atoms with Crippen LogP contribution >= 0.6 is 0 Å². The molecule has 0 aliphatic heterocycles. The molecule has 3 nitrogen and oxygen atoms in total. The number of nitrogens with zero attached hydrogens (tertiary/aromatic N) is 2. The highest BCUT2D eigenvalue weighted by Crippen LogP contribution is 2.05. The lowest BCUT2D eigenvalue weighted by atomic mass is 10.2. The van der Waals surface area contributed by atoms with Crippen LogP contribution in [0.2, 0.25) is 0 Å². The van der Waals surface area contributed by atoms with Crippen LogP contribution in [0, 0.1) is 0 Å². The molecule has 0 saturated carbocycles. The van der Waals surface area contributed by atoms with Gasteiger partial charge in [-0.1, -0.05) is 30.3 Å². The molecule has 1 heterocycles. The Balaban J connectivity index is 2.25. The first-order chi connectivity index (χ1) is 7.27. The summed E-state index contributed by atoms with van der Waals surface area (Å²) in [6.45, 7) is 2.20. The van der Waals surface area contributed by atoms with E-state index in [0.29, 0.717) is 12.2 Å². The van der Waals surface area contributed by atoms with Crippen molar-refractivity contribution in [2.45, 2.75) is 13.5 Å². The molecule has 1 aromatic heterocycles. The van der Waals surface area contributed by atoms with Gasteiger partial charge in [0, 0.05) is 13.1 Å². The van der Waals surface area contributed by atoms with Gasteiger partial charge in [-0.2, -0.15) is 5.10 Å². The first kappa shape index (κ1) is 9.65. The van der Waals surface area contributed by atoms with Gasteiger partial charge in [-0.05, 0) is 11.6 Å². The van der Waals surface area contributed by atoms with E-state index in [1.54, 1.807) is 23.9 Å². The largest absolute Gasteiger partial charge is 0.293 e. The average molecular weight is 200 g/mol. The minimum Gasteiger partial charge on any atom is -0.293 e. The Kier molecular flexibility index (Phi) is 2.63. The fourth-order valence-corrected chi connectivity index (χ4v) is 1.51. The van der Waals surface area contributed by atoms with Gasteiger partial charge in [-0.3, -0.25) is 9.48 Å². The lowest BCUT2D eigenvalue weighted by molar-refractivity contribution is 0.100. The molecule has 15 heavy (non-hydrogen) atoms. The van der Waals surface area contributed by atoms with Gasteiger partial charge < -0.3 is 0 Å². The van der Waals surface area contributed by atoms with Crippen molar-refractivity contribution >= 4 is 5.78 Å². The third-order valence-electron chi connectivity index (χ3n) is 2.25. The van der Waals surface area contributed by atoms with Crippen LogP contribution in [0.25, 0.3) is 0 Å². The van der Waals surface area contributed by atoms with Gasteiger partial charge in [0.15, 0.2) is 5.78 Å². The highest BCUT2D eigenvalue weighted by Gasteiger charge is 2.06. The third kappa shape index (κ3) is 2.13. The van der Waals surface area contributed by atoms with Crippen LogP contribution in [-0.4, -0.2) is 15.6 Å². The maximum absolute atomic E-state index is 11.3. The summed E-state index contributed by atoms with van der Waals surface area (Å²) in [5.74, 6) is 0.0448. The van der Waals surface area contributed by atoms with Crippen molar-refractivity contribution < 1.29 is 4.79 Å². The molecule has 0 radical (unpaired) electrons. The molecule has 0 saturated heterocycles. The van der Waals surface area contributed by atoms with Gasteiger partial charge in [0.1, 0.15) is 5.69 Å². The van der Waals surface area contributed by atoms with Gasteiger partial charge in [0.2, 0.25) is 0 Å². The predicted octanol–water partition coefficient (Wildman–Crippen LogP) is 2.13. The van der Waals surface area contributed by atoms with E-state index in [9.17, 15) is 4.79 Å². The van der Waals surface area contributed by atoms with E-state index >= 15 is 0 Å². The molecule has 0 bridgehead atoms. The summed E-state index contributed by atoms with van der Waals surface area (Å²) in [5.41, 5.74) is 1.79. The molecule has 0 fully saturated rings. The molecule has 3 heteroatoms. The van der Waals surface area contributed by atoms with Gasteiger partial charge in [-0.15, -0.1) is 0 Å². The minimum absolute atomic E-state index is 0.0448. The van der Waals surface area contributed by atoms with Crippen LogP contribution in [0.1, 0.15) is 23.0 Å². The quantitative estimate of drug-likeness (QED) is 0.711. The van der Waals surface area contributed by atoms with Crippen molar-refractivity contribution in [3.63, 3.8) is 0 Å². The molecule has 76 valence electrons. The lowest BCUT2D eigenvalue weighted by Crippen LogP contribution is -2.09. The maximum Gasteiger partial charge on any atom is 0.177 e. The second-order valence-electron chi connectivity index (χ2n) is 3.42. The zero-order valence-electron chi connectivity index (χ0n) is 8.55. The van der Waals surface area contributed by atoms with E-state index in [1.165, 1.54) is 0 Å². The van der Waals surface area contributed by atoms with E-state index in [1.807, 2.05) is 30.3 Å². The Hall–Kier alpha value is -1.90. The molecular weight excluding hydrogens is 188 g/mol. The maximum atomic E-state index is 11.3. The summed E-state index contributed by atoms with van der Waals surface area (Å²) < 4.78 is 1.72. The molecule has 1 aromatic carbocycles. The number of benzene rings is 1. The van der Waals surface area contributed by atoms with Gasteiger partial charge >= 0.3 is 0 Å². The van der Waals surface area contributed by atoms with Gasteiger partial charge in [-0.25, -0.2) is 0 Å². The van der Waals surface area contributed by atoms with Crippen molar-refractivity contribution in [3.05, 3.63) is 53.9 Å². The molecule has 0 unspecified atom stereocenters. The highest BCUT2D eigenvalue weighted by atomic mass is 16.1. The smallest absolute Gasteiger partial charge is 0.177 e. The Morgan fingerprint density at radius 1 is 1.27 bits per heavy atom. The molecule has 2 rings (SSSR count). The minimum atomic E-state index is 0.0448. The standard InChI is InChI=1S/C12H12N2O/c1-10(15)12-7-8-13-14(12)9-11-5-3-2-4-6-11/h2-8H,9H2,1H3. The Labute approximate surface area is 88.4 Å². The van der Waals surface area contributed by atoms with E-state index in [4.69, 9.17) is 0 Å². The lowest BCUT2D eigenvalue weighted by Gasteiger charge is -2.04. The molecular formula is C12H12N2O. The molecule has 0 aliphatic carbocycles. The molecule has 0 spiro atoms. The van der Waals surface area contributed by atoms with Crippen molar-refractivity contribution in [2.75, 3.05) is 0 Å². The fourth-order valence-electron chi connectivity index (χ4n) is 1.51. The van der Waals surface area contributed by atoms with Crippen molar-refractivity contribution in [2.24, 2.45) is 0 Å². The Morgan fingerprint density at radius 3 is 2.67 bits per heavy atom. The van der Waals surface area contributed by atoms with Crippen LogP contribution in [0.15, 0.2) is 42.6 Å². The summed E-state index contributed by atoms with van der Waals surface area (Å²) in [6, 6.07) is 11.7. The SMILES string of the molecule is CC(=O)c1ccnn1Cc1ccccc1. The van der Waals surface area contributed by atoms with E-state index in [2.05, 4.69) is 5.10 Å². The zero-order valence-corrected chi connectivity index (χ0v) is 8.55. The summed E-state index contributed by atoms with van der Waals surface area (Å²) >= 11 is 0. The number of Topliss-reactive ketones (excluding diaryl/α,β-unsaturated/α-hetero) is 1. The van der Waals surface area contributed by atoms with Crippen molar-refractivity contribution in [1.82, 2.24) is 9.78 Å². The summed E-state index contributed by atoms with van der Waals surface area (Å²) in [4.78, 5) is 11.3. The number of rotatable bonds is 3. The predicted molar refractivity (Wildman–Crippen MR) is 57.8 cm³/mol. The molecule has 0 amide bonds. The summed E-state index contributed by atoms with van der Waals surface area (Å²) in [7, 11) is 0. The van der Waals surface area contributed by atoms with Gasteiger partial charge in [0.25, 0.3) is 0 Å². The van der Waals surface area contributed by atoms with Crippen LogP contribution < -0.4 is 0 Å². The van der Waals surface area contributed by atoms with Crippen LogP contribution in [0.5, 0.6) is 0 Å². The van der Waals surface area contributed by atoms with Crippen molar-refractivity contribution in [3.8, 4) is 0 Å². The number of aromatic nitrogens is 2. The second-order valence-corrected chi connectivity index (χ2v) is 3.42. The average Bonchev–Trinajstić information content (AvgIpc) is 2.67. The molecule has 2 aromatic rings. The van der Waals surface area contributed by atoms with Crippen LogP contribution in [-0.2, 0) is 6.54 Å². The number of hydrogen-bond acceptors (Lipinski definition) is 2. The number of carbonyl (C=O) groups is 1. The van der Waals surface area contributed by atoms with E-state index < -0.39 is 0 Å². The van der Waals surface area contributed by atoms with E-state index in [0.717, 1.165) is 5.56 Å². The topological polar surface area (TPSA) is 34.9 Å². The zero-order chi connectivity index (χ0) is 10.7. The van der Waals surface area contributed by atoms with Gasteiger partial charge in [0.05, 0.1) is 6.54 Å².